The molecule has 1 aliphatic rings. The molecule has 6 nitrogen and oxygen atoms in total. The highest BCUT2D eigenvalue weighted by Gasteiger charge is 2.37. The summed E-state index contributed by atoms with van der Waals surface area (Å²) < 4.78 is 1.78. The van der Waals surface area contributed by atoms with Crippen LogP contribution in [0.1, 0.15) is 24.0 Å². The van der Waals surface area contributed by atoms with E-state index in [0.29, 0.717) is 0 Å². The highest BCUT2D eigenvalue weighted by Crippen LogP contribution is 2.35. The van der Waals surface area contributed by atoms with Crippen LogP contribution in [0.5, 0.6) is 0 Å². The molecule has 2 heterocycles. The molecule has 1 N–H and O–H groups in total. The third-order valence-corrected chi connectivity index (χ3v) is 5.56. The maximum absolute atomic E-state index is 10.3. The summed E-state index contributed by atoms with van der Waals surface area (Å²) in [6, 6.07) is 18.4. The fraction of sp³-hybridized carbons (Fsp3) is 0.381. The fourth-order valence-electron chi connectivity index (χ4n) is 4.04. The van der Waals surface area contributed by atoms with Gasteiger partial charge < -0.3 is 10.0 Å². The zero-order chi connectivity index (χ0) is 18.7. The molecule has 1 fully saturated rings. The Labute approximate surface area is 159 Å². The fourth-order valence-corrected chi connectivity index (χ4v) is 4.04. The van der Waals surface area contributed by atoms with Crippen molar-refractivity contribution in [1.29, 1.82) is 0 Å². The average molecular weight is 363 g/mol. The third kappa shape index (κ3) is 3.57. The second kappa shape index (κ2) is 7.48. The quantitative estimate of drug-likeness (QED) is 0.755. The SMILES string of the molecule is Cc1ccccc1C[C@@]1(CO)CCCN(c2nnnn2-c2ccccc2)C1. The molecule has 1 aliphatic heterocycles. The van der Waals surface area contributed by atoms with E-state index in [1.54, 1.807) is 4.68 Å². The number of hydrogen-bond acceptors (Lipinski definition) is 5. The van der Waals surface area contributed by atoms with E-state index in [0.717, 1.165) is 44.0 Å². The summed E-state index contributed by atoms with van der Waals surface area (Å²) in [6.07, 6.45) is 2.87. The lowest BCUT2D eigenvalue weighted by atomic mass is 9.75. The van der Waals surface area contributed by atoms with Crippen molar-refractivity contribution in [3.05, 3.63) is 65.7 Å². The number of anilines is 1. The molecule has 0 aliphatic carbocycles. The average Bonchev–Trinajstić information content (AvgIpc) is 3.21. The largest absolute Gasteiger partial charge is 0.396 e. The Hall–Kier alpha value is -2.73. The van der Waals surface area contributed by atoms with Crippen LogP contribution in [0.3, 0.4) is 0 Å². The van der Waals surface area contributed by atoms with E-state index >= 15 is 0 Å². The number of aliphatic hydroxyl groups is 1. The molecular formula is C21H25N5O. The van der Waals surface area contributed by atoms with E-state index in [2.05, 4.69) is 51.6 Å². The highest BCUT2D eigenvalue weighted by molar-refractivity contribution is 5.41. The monoisotopic (exact) mass is 363 g/mol. The second-order valence-electron chi connectivity index (χ2n) is 7.51. The van der Waals surface area contributed by atoms with Crippen LogP contribution in [0.25, 0.3) is 5.69 Å². The first-order chi connectivity index (χ1) is 13.2. The number of aliphatic hydroxyl groups excluding tert-OH is 1. The zero-order valence-electron chi connectivity index (χ0n) is 15.6. The molecule has 0 saturated carbocycles. The molecule has 1 saturated heterocycles. The predicted molar refractivity (Wildman–Crippen MR) is 105 cm³/mol. The number of rotatable bonds is 5. The van der Waals surface area contributed by atoms with Gasteiger partial charge in [0.25, 0.3) is 0 Å². The standard InChI is InChI=1S/C21H25N5O/c1-17-8-5-6-9-18(17)14-21(16-27)12-7-13-25(15-21)20-22-23-24-26(20)19-10-3-2-4-11-19/h2-6,8-11,27H,7,12-16H2,1H3/t21-/m0/s1. The first-order valence-electron chi connectivity index (χ1n) is 9.45. The lowest BCUT2D eigenvalue weighted by molar-refractivity contribution is 0.104. The number of nitrogens with zero attached hydrogens (tertiary/aromatic N) is 5. The number of benzene rings is 2. The number of piperidine rings is 1. The summed E-state index contributed by atoms with van der Waals surface area (Å²) >= 11 is 0. The van der Waals surface area contributed by atoms with Gasteiger partial charge in [-0.1, -0.05) is 47.6 Å². The lowest BCUT2D eigenvalue weighted by Crippen LogP contribution is -2.47. The minimum absolute atomic E-state index is 0.157. The van der Waals surface area contributed by atoms with E-state index in [1.165, 1.54) is 11.1 Å². The predicted octanol–water partition coefficient (Wildman–Crippen LogP) is 2.79. The van der Waals surface area contributed by atoms with Crippen molar-refractivity contribution >= 4 is 5.95 Å². The number of hydrogen-bond donors (Lipinski definition) is 1. The summed E-state index contributed by atoms with van der Waals surface area (Å²) in [7, 11) is 0. The first kappa shape index (κ1) is 17.7. The number of aryl methyl sites for hydroxylation is 1. The van der Waals surface area contributed by atoms with Crippen LogP contribution in [-0.2, 0) is 6.42 Å². The Kier molecular flexibility index (Phi) is 4.90. The van der Waals surface area contributed by atoms with Gasteiger partial charge in [0, 0.05) is 18.5 Å². The maximum Gasteiger partial charge on any atom is 0.250 e. The molecule has 1 aromatic heterocycles. The van der Waals surface area contributed by atoms with Crippen LogP contribution >= 0.6 is 0 Å². The summed E-state index contributed by atoms with van der Waals surface area (Å²) in [6.45, 7) is 3.93. The van der Waals surface area contributed by atoms with E-state index in [-0.39, 0.29) is 12.0 Å². The Morgan fingerprint density at radius 3 is 2.63 bits per heavy atom. The van der Waals surface area contributed by atoms with E-state index < -0.39 is 0 Å². The number of aromatic nitrogens is 4. The van der Waals surface area contributed by atoms with Gasteiger partial charge in [-0.25, -0.2) is 0 Å². The third-order valence-electron chi connectivity index (χ3n) is 5.56. The van der Waals surface area contributed by atoms with Gasteiger partial charge in [-0.05, 0) is 59.9 Å². The van der Waals surface area contributed by atoms with Crippen LogP contribution in [-0.4, -0.2) is 45.0 Å². The van der Waals surface area contributed by atoms with Crippen LogP contribution in [0.2, 0.25) is 0 Å². The van der Waals surface area contributed by atoms with E-state index in [1.807, 2.05) is 30.3 Å². The molecule has 4 rings (SSSR count). The van der Waals surface area contributed by atoms with Gasteiger partial charge in [-0.3, -0.25) is 0 Å². The molecule has 0 bridgehead atoms. The zero-order valence-corrected chi connectivity index (χ0v) is 15.6. The molecule has 6 heteroatoms. The molecule has 0 unspecified atom stereocenters. The topological polar surface area (TPSA) is 67.1 Å². The van der Waals surface area contributed by atoms with Gasteiger partial charge in [0.1, 0.15) is 0 Å². The van der Waals surface area contributed by atoms with Crippen molar-refractivity contribution < 1.29 is 5.11 Å². The number of tetrazole rings is 1. The van der Waals surface area contributed by atoms with E-state index in [9.17, 15) is 5.11 Å². The Bertz CT molecular complexity index is 894. The summed E-state index contributed by atoms with van der Waals surface area (Å²) in [4.78, 5) is 2.21. The molecule has 27 heavy (non-hydrogen) atoms. The van der Waals surface area contributed by atoms with Crippen molar-refractivity contribution in [2.24, 2.45) is 5.41 Å². The van der Waals surface area contributed by atoms with Crippen molar-refractivity contribution in [2.45, 2.75) is 26.2 Å². The molecule has 1 atom stereocenters. The van der Waals surface area contributed by atoms with Gasteiger partial charge in [0.2, 0.25) is 5.95 Å². The van der Waals surface area contributed by atoms with Gasteiger partial charge in [-0.2, -0.15) is 4.68 Å². The molecule has 3 aromatic rings. The summed E-state index contributed by atoms with van der Waals surface area (Å²) in [5.41, 5.74) is 3.34. The van der Waals surface area contributed by atoms with Crippen LogP contribution in [0.15, 0.2) is 54.6 Å². The first-order valence-corrected chi connectivity index (χ1v) is 9.45. The molecule has 140 valence electrons. The molecule has 0 amide bonds. The number of para-hydroxylation sites is 1. The van der Waals surface area contributed by atoms with Gasteiger partial charge >= 0.3 is 0 Å². The smallest absolute Gasteiger partial charge is 0.250 e. The molecule has 0 radical (unpaired) electrons. The van der Waals surface area contributed by atoms with Crippen molar-refractivity contribution in [1.82, 2.24) is 20.2 Å². The van der Waals surface area contributed by atoms with Crippen LogP contribution < -0.4 is 4.90 Å². The van der Waals surface area contributed by atoms with Gasteiger partial charge in [0.05, 0.1) is 12.3 Å². The molecule has 2 aromatic carbocycles. The minimum atomic E-state index is -0.183. The van der Waals surface area contributed by atoms with Gasteiger partial charge in [-0.15, -0.1) is 0 Å². The van der Waals surface area contributed by atoms with Crippen molar-refractivity contribution in [3.8, 4) is 5.69 Å². The molecular weight excluding hydrogens is 338 g/mol. The van der Waals surface area contributed by atoms with Crippen LogP contribution in [0.4, 0.5) is 5.95 Å². The summed E-state index contributed by atoms with van der Waals surface area (Å²) in [5, 5.41) is 22.7. The maximum atomic E-state index is 10.3. The lowest BCUT2D eigenvalue weighted by Gasteiger charge is -2.42. The second-order valence-corrected chi connectivity index (χ2v) is 7.51. The molecule has 0 spiro atoms. The normalized spacial score (nSPS) is 20.0. The van der Waals surface area contributed by atoms with E-state index in [4.69, 9.17) is 0 Å². The highest BCUT2D eigenvalue weighted by atomic mass is 16.3. The minimum Gasteiger partial charge on any atom is -0.396 e. The Morgan fingerprint density at radius 1 is 1.07 bits per heavy atom. The van der Waals surface area contributed by atoms with Crippen molar-refractivity contribution in [2.75, 3.05) is 24.6 Å². The van der Waals surface area contributed by atoms with Crippen LogP contribution in [0, 0.1) is 12.3 Å². The van der Waals surface area contributed by atoms with Crippen molar-refractivity contribution in [3.63, 3.8) is 0 Å². The Balaban J connectivity index is 1.61. The summed E-state index contributed by atoms with van der Waals surface area (Å²) in [5.74, 6) is 0.739. The van der Waals surface area contributed by atoms with Gasteiger partial charge in [0.15, 0.2) is 0 Å². The Morgan fingerprint density at radius 2 is 1.85 bits per heavy atom.